The first-order valence-electron chi connectivity index (χ1n) is 8.55. The van der Waals surface area contributed by atoms with Gasteiger partial charge in [0.25, 0.3) is 5.91 Å². The molecule has 0 unspecified atom stereocenters. The summed E-state index contributed by atoms with van der Waals surface area (Å²) in [5, 5.41) is 8.88. The first-order valence-corrected chi connectivity index (χ1v) is 8.93. The zero-order valence-electron chi connectivity index (χ0n) is 14.5. The summed E-state index contributed by atoms with van der Waals surface area (Å²) in [6, 6.07) is 11.1. The monoisotopic (exact) mass is 360 g/mol. The molecule has 0 bridgehead atoms. The summed E-state index contributed by atoms with van der Waals surface area (Å²) in [6.07, 6.45) is 2.26. The quantitative estimate of drug-likeness (QED) is 0.861. The number of hydrogen-bond acceptors (Lipinski definition) is 3. The minimum atomic E-state index is -0.194. The number of furan rings is 1. The number of nitrogens with zero attached hydrogens (tertiary/aromatic N) is 2. The first-order chi connectivity index (χ1) is 12.0. The fraction of sp³-hybridized carbons (Fsp3) is 0.368. The maximum absolute atomic E-state index is 12.7. The third kappa shape index (κ3) is 4.30. The molecule has 2 aromatic rings. The Labute approximate surface area is 152 Å². The van der Waals surface area contributed by atoms with Crippen LogP contribution in [0.4, 0.5) is 0 Å². The van der Waals surface area contributed by atoms with E-state index in [9.17, 15) is 4.79 Å². The van der Waals surface area contributed by atoms with Gasteiger partial charge in [0.1, 0.15) is 11.8 Å². The molecule has 0 aliphatic carbocycles. The molecule has 1 aromatic heterocycles. The Morgan fingerprint density at radius 2 is 2.12 bits per heavy atom. The highest BCUT2D eigenvalue weighted by molar-refractivity contribution is 6.30. The number of carbonyl (C=O) groups excluding carboxylic acids is 1. The summed E-state index contributed by atoms with van der Waals surface area (Å²) >= 11 is 5.97. The van der Waals surface area contributed by atoms with E-state index >= 15 is 0 Å². The molecule has 2 N–H and O–H groups in total. The Balaban J connectivity index is 1.79. The second-order valence-electron chi connectivity index (χ2n) is 6.65. The van der Waals surface area contributed by atoms with Crippen LogP contribution in [0.3, 0.4) is 0 Å². The molecule has 0 spiro atoms. The number of nitrogens with two attached hydrogens (primary N) is 1. The second-order valence-corrected chi connectivity index (χ2v) is 7.09. The average molecular weight is 361 g/mol. The molecule has 25 heavy (non-hydrogen) atoms. The van der Waals surface area contributed by atoms with Crippen molar-refractivity contribution in [2.75, 3.05) is 13.1 Å². The van der Waals surface area contributed by atoms with Crippen LogP contribution in [0, 0.1) is 5.92 Å². The van der Waals surface area contributed by atoms with Crippen molar-refractivity contribution < 1.29 is 14.5 Å². The number of benzene rings is 1. The zero-order valence-corrected chi connectivity index (χ0v) is 15.2. The topological polar surface area (TPSA) is 62.4 Å². The molecule has 1 atom stereocenters. The number of halogens is 1. The average Bonchev–Trinajstić information content (AvgIpc) is 3.24. The first kappa shape index (κ1) is 17.7. The minimum absolute atomic E-state index is 0.00832. The van der Waals surface area contributed by atoms with Crippen molar-refractivity contribution in [2.24, 2.45) is 11.0 Å². The highest BCUT2D eigenvalue weighted by Gasteiger charge is 2.35. The highest BCUT2D eigenvalue weighted by atomic mass is 35.5. The van der Waals surface area contributed by atoms with Crippen molar-refractivity contribution in [1.29, 1.82) is 0 Å². The number of amides is 1. The number of carbonyl (C=O) groups is 1. The van der Waals surface area contributed by atoms with Crippen molar-refractivity contribution in [3.05, 3.63) is 59.0 Å². The van der Waals surface area contributed by atoms with Crippen LogP contribution in [-0.2, 0) is 4.79 Å². The molecular weight excluding hydrogens is 338 g/mol. The van der Waals surface area contributed by atoms with Gasteiger partial charge in [-0.15, -0.1) is 0 Å². The lowest BCUT2D eigenvalue weighted by atomic mass is 10.0. The molecule has 1 aromatic carbocycles. The van der Waals surface area contributed by atoms with Gasteiger partial charge in [0.05, 0.1) is 18.5 Å². The lowest BCUT2D eigenvalue weighted by Crippen LogP contribution is -2.87. The third-order valence-electron chi connectivity index (χ3n) is 4.17. The second kappa shape index (κ2) is 7.85. The maximum Gasteiger partial charge on any atom is 0.298 e. The van der Waals surface area contributed by atoms with E-state index < -0.39 is 0 Å². The van der Waals surface area contributed by atoms with Gasteiger partial charge in [-0.2, -0.15) is 5.10 Å². The van der Waals surface area contributed by atoms with Gasteiger partial charge in [0, 0.05) is 17.4 Å². The molecule has 6 heteroatoms. The SMILES string of the molecule is CC(C)C[NH2+]CC(=O)N1N=C(c2ccc(Cl)cc2)C[C@H]1c1ccco1. The van der Waals surface area contributed by atoms with Gasteiger partial charge in [-0.05, 0) is 29.8 Å². The molecular formula is C19H23ClN3O2+. The largest absolute Gasteiger partial charge is 0.467 e. The van der Waals surface area contributed by atoms with E-state index in [0.717, 1.165) is 23.6 Å². The highest BCUT2D eigenvalue weighted by Crippen LogP contribution is 2.33. The summed E-state index contributed by atoms with van der Waals surface area (Å²) in [7, 11) is 0. The molecule has 0 saturated carbocycles. The fourth-order valence-corrected chi connectivity index (χ4v) is 3.02. The van der Waals surface area contributed by atoms with Crippen LogP contribution in [0.25, 0.3) is 0 Å². The van der Waals surface area contributed by atoms with E-state index in [4.69, 9.17) is 16.0 Å². The summed E-state index contributed by atoms with van der Waals surface area (Å²) in [6.45, 7) is 5.57. The smallest absolute Gasteiger partial charge is 0.298 e. The van der Waals surface area contributed by atoms with E-state index in [1.165, 1.54) is 0 Å². The number of quaternary nitrogens is 1. The molecule has 1 aliphatic heterocycles. The van der Waals surface area contributed by atoms with Crippen LogP contribution < -0.4 is 5.32 Å². The Bertz CT molecular complexity index is 739. The predicted octanol–water partition coefficient (Wildman–Crippen LogP) is 2.83. The molecule has 132 valence electrons. The van der Waals surface area contributed by atoms with Crippen LogP contribution in [0.2, 0.25) is 5.02 Å². The Morgan fingerprint density at radius 1 is 1.36 bits per heavy atom. The van der Waals surface area contributed by atoms with Crippen LogP contribution in [-0.4, -0.2) is 29.7 Å². The van der Waals surface area contributed by atoms with E-state index in [0.29, 0.717) is 23.9 Å². The molecule has 0 fully saturated rings. The van der Waals surface area contributed by atoms with Crippen molar-refractivity contribution >= 4 is 23.2 Å². The lowest BCUT2D eigenvalue weighted by molar-refractivity contribution is -0.649. The van der Waals surface area contributed by atoms with E-state index in [2.05, 4.69) is 18.9 Å². The Hall–Kier alpha value is -2.11. The molecule has 2 heterocycles. The van der Waals surface area contributed by atoms with Crippen LogP contribution in [0.1, 0.15) is 37.6 Å². The molecule has 1 amide bonds. The van der Waals surface area contributed by atoms with Crippen LogP contribution >= 0.6 is 11.6 Å². The van der Waals surface area contributed by atoms with Gasteiger partial charge >= 0.3 is 0 Å². The molecule has 0 saturated heterocycles. The summed E-state index contributed by atoms with van der Waals surface area (Å²) in [5.74, 6) is 1.29. The summed E-state index contributed by atoms with van der Waals surface area (Å²) in [4.78, 5) is 12.7. The van der Waals surface area contributed by atoms with Gasteiger partial charge in [0.2, 0.25) is 0 Å². The lowest BCUT2D eigenvalue weighted by Gasteiger charge is -2.19. The minimum Gasteiger partial charge on any atom is -0.467 e. The number of hydrazone groups is 1. The predicted molar refractivity (Wildman–Crippen MR) is 97.4 cm³/mol. The van der Waals surface area contributed by atoms with Crippen molar-refractivity contribution in [3.63, 3.8) is 0 Å². The number of rotatable bonds is 6. The van der Waals surface area contributed by atoms with Gasteiger partial charge in [0.15, 0.2) is 6.54 Å². The van der Waals surface area contributed by atoms with Gasteiger partial charge in [-0.3, -0.25) is 4.79 Å². The molecule has 1 aliphatic rings. The third-order valence-corrected chi connectivity index (χ3v) is 4.42. The zero-order chi connectivity index (χ0) is 17.8. The van der Waals surface area contributed by atoms with Crippen molar-refractivity contribution in [1.82, 2.24) is 5.01 Å². The van der Waals surface area contributed by atoms with Crippen LogP contribution in [0.5, 0.6) is 0 Å². The fourth-order valence-electron chi connectivity index (χ4n) is 2.89. The summed E-state index contributed by atoms with van der Waals surface area (Å²) < 4.78 is 5.55. The van der Waals surface area contributed by atoms with Crippen molar-refractivity contribution in [3.8, 4) is 0 Å². The van der Waals surface area contributed by atoms with Gasteiger partial charge < -0.3 is 9.73 Å². The summed E-state index contributed by atoms with van der Waals surface area (Å²) in [5.41, 5.74) is 1.85. The number of hydrogen-bond donors (Lipinski definition) is 1. The van der Waals surface area contributed by atoms with Gasteiger partial charge in [-0.1, -0.05) is 37.6 Å². The molecule has 0 radical (unpaired) electrons. The maximum atomic E-state index is 12.7. The van der Waals surface area contributed by atoms with E-state index in [1.54, 1.807) is 11.3 Å². The normalized spacial score (nSPS) is 17.2. The standard InChI is InChI=1S/C19H22ClN3O2/c1-13(2)11-21-12-19(24)23-17(18-4-3-9-25-18)10-16(22-23)14-5-7-15(20)8-6-14/h3-9,13,17,21H,10-12H2,1-2H3/p+1/t17-/m0/s1. The van der Waals surface area contributed by atoms with E-state index in [-0.39, 0.29) is 11.9 Å². The van der Waals surface area contributed by atoms with Crippen molar-refractivity contribution in [2.45, 2.75) is 26.3 Å². The molecule has 5 nitrogen and oxygen atoms in total. The van der Waals surface area contributed by atoms with E-state index in [1.807, 2.05) is 41.7 Å². The Morgan fingerprint density at radius 3 is 2.76 bits per heavy atom. The van der Waals surface area contributed by atoms with Gasteiger partial charge in [-0.25, -0.2) is 5.01 Å². The Kier molecular flexibility index (Phi) is 5.56. The molecule has 3 rings (SSSR count). The van der Waals surface area contributed by atoms with Crippen LogP contribution in [0.15, 0.2) is 52.2 Å².